The maximum absolute atomic E-state index is 12.2. The minimum Gasteiger partial charge on any atom is -0.348 e. The molecule has 1 unspecified atom stereocenters. The minimum atomic E-state index is -0.0555. The van der Waals surface area contributed by atoms with Crippen LogP contribution in [0.1, 0.15) is 36.2 Å². The van der Waals surface area contributed by atoms with Gasteiger partial charge in [0.2, 0.25) is 0 Å². The van der Waals surface area contributed by atoms with Crippen molar-refractivity contribution in [2.75, 3.05) is 5.33 Å². The second-order valence-corrected chi connectivity index (χ2v) is 5.92. The second-order valence-electron chi connectivity index (χ2n) is 4.87. The van der Waals surface area contributed by atoms with Gasteiger partial charge in [0.25, 0.3) is 5.91 Å². The molecule has 1 atom stereocenters. The Morgan fingerprint density at radius 1 is 1.44 bits per heavy atom. The SMILES string of the molecule is Cc1c(Cl)cccc1C(=O)NC(CBr)CC(C)C. The lowest BCUT2D eigenvalue weighted by Gasteiger charge is -2.19. The Bertz CT molecular complexity index is 420. The van der Waals surface area contributed by atoms with Gasteiger partial charge in [0.1, 0.15) is 0 Å². The van der Waals surface area contributed by atoms with Crippen LogP contribution in [0.3, 0.4) is 0 Å². The standard InChI is InChI=1S/C14H19BrClNO/c1-9(2)7-11(8-15)17-14(18)12-5-4-6-13(16)10(12)3/h4-6,9,11H,7-8H2,1-3H3,(H,17,18). The van der Waals surface area contributed by atoms with E-state index < -0.39 is 0 Å². The van der Waals surface area contributed by atoms with Gasteiger partial charge in [-0.25, -0.2) is 0 Å². The first kappa shape index (κ1) is 15.5. The van der Waals surface area contributed by atoms with Crippen LogP contribution < -0.4 is 5.32 Å². The van der Waals surface area contributed by atoms with E-state index in [4.69, 9.17) is 11.6 Å². The van der Waals surface area contributed by atoms with Crippen molar-refractivity contribution in [3.05, 3.63) is 34.3 Å². The molecule has 4 heteroatoms. The van der Waals surface area contributed by atoms with Crippen molar-refractivity contribution >= 4 is 33.4 Å². The van der Waals surface area contributed by atoms with Crippen LogP contribution in [-0.2, 0) is 0 Å². The molecule has 1 rings (SSSR count). The molecule has 0 bridgehead atoms. The molecule has 0 fully saturated rings. The number of halogens is 2. The van der Waals surface area contributed by atoms with Crippen LogP contribution in [0.15, 0.2) is 18.2 Å². The smallest absolute Gasteiger partial charge is 0.251 e. The van der Waals surface area contributed by atoms with E-state index in [1.807, 2.05) is 6.92 Å². The Labute approximate surface area is 122 Å². The number of carbonyl (C=O) groups is 1. The molecule has 0 aromatic heterocycles. The largest absolute Gasteiger partial charge is 0.348 e. The van der Waals surface area contributed by atoms with Crippen molar-refractivity contribution in [2.24, 2.45) is 5.92 Å². The Kier molecular flexibility index (Phi) is 6.16. The Morgan fingerprint density at radius 3 is 2.67 bits per heavy atom. The molecule has 0 aliphatic rings. The van der Waals surface area contributed by atoms with Crippen LogP contribution in [0.4, 0.5) is 0 Å². The average Bonchev–Trinajstić information content (AvgIpc) is 2.31. The average molecular weight is 333 g/mol. The zero-order chi connectivity index (χ0) is 13.7. The molecule has 0 aliphatic heterocycles. The summed E-state index contributed by atoms with van der Waals surface area (Å²) < 4.78 is 0. The molecule has 0 heterocycles. The lowest BCUT2D eigenvalue weighted by molar-refractivity contribution is 0.0936. The Hall–Kier alpha value is -0.540. The summed E-state index contributed by atoms with van der Waals surface area (Å²) in [4.78, 5) is 12.2. The lowest BCUT2D eigenvalue weighted by Crippen LogP contribution is -2.37. The zero-order valence-corrected chi connectivity index (χ0v) is 13.3. The molecule has 1 aromatic carbocycles. The summed E-state index contributed by atoms with van der Waals surface area (Å²) in [6.07, 6.45) is 0.955. The fourth-order valence-corrected chi connectivity index (χ4v) is 2.45. The van der Waals surface area contributed by atoms with Crippen LogP contribution >= 0.6 is 27.5 Å². The number of carbonyl (C=O) groups excluding carboxylic acids is 1. The van der Waals surface area contributed by atoms with Crippen LogP contribution in [0.5, 0.6) is 0 Å². The van der Waals surface area contributed by atoms with Gasteiger partial charge >= 0.3 is 0 Å². The van der Waals surface area contributed by atoms with E-state index in [1.54, 1.807) is 18.2 Å². The monoisotopic (exact) mass is 331 g/mol. The molecule has 0 aliphatic carbocycles. The molecule has 0 spiro atoms. The predicted molar refractivity (Wildman–Crippen MR) is 80.7 cm³/mol. The molecular weight excluding hydrogens is 314 g/mol. The summed E-state index contributed by atoms with van der Waals surface area (Å²) in [6.45, 7) is 6.15. The van der Waals surface area contributed by atoms with Gasteiger partial charge in [0, 0.05) is 22.0 Å². The lowest BCUT2D eigenvalue weighted by atomic mass is 10.0. The predicted octanol–water partition coefficient (Wildman–Crippen LogP) is 4.19. The fraction of sp³-hybridized carbons (Fsp3) is 0.500. The number of benzene rings is 1. The van der Waals surface area contributed by atoms with Crippen LogP contribution in [0.25, 0.3) is 0 Å². The van der Waals surface area contributed by atoms with E-state index in [0.29, 0.717) is 16.5 Å². The fourth-order valence-electron chi connectivity index (χ4n) is 1.85. The first-order valence-electron chi connectivity index (χ1n) is 6.07. The highest BCUT2D eigenvalue weighted by Crippen LogP contribution is 2.19. The van der Waals surface area contributed by atoms with E-state index in [9.17, 15) is 4.79 Å². The third-order valence-corrected chi connectivity index (χ3v) is 3.98. The summed E-state index contributed by atoms with van der Waals surface area (Å²) in [7, 11) is 0. The topological polar surface area (TPSA) is 29.1 Å². The van der Waals surface area contributed by atoms with Crippen LogP contribution in [0, 0.1) is 12.8 Å². The normalized spacial score (nSPS) is 12.6. The van der Waals surface area contributed by atoms with Gasteiger partial charge in [-0.15, -0.1) is 0 Å². The van der Waals surface area contributed by atoms with Gasteiger partial charge in [0.15, 0.2) is 0 Å². The van der Waals surface area contributed by atoms with Crippen molar-refractivity contribution in [3.63, 3.8) is 0 Å². The summed E-state index contributed by atoms with van der Waals surface area (Å²) in [6, 6.07) is 5.55. The van der Waals surface area contributed by atoms with Gasteiger partial charge in [-0.05, 0) is 37.0 Å². The highest BCUT2D eigenvalue weighted by atomic mass is 79.9. The molecule has 2 nitrogen and oxygen atoms in total. The molecule has 1 aromatic rings. The van der Waals surface area contributed by atoms with Crippen molar-refractivity contribution in [2.45, 2.75) is 33.2 Å². The number of hydrogen-bond acceptors (Lipinski definition) is 1. The number of nitrogens with one attached hydrogen (secondary N) is 1. The maximum atomic E-state index is 12.2. The van der Waals surface area contributed by atoms with E-state index in [2.05, 4.69) is 35.1 Å². The molecule has 0 saturated heterocycles. The van der Waals surface area contributed by atoms with E-state index in [0.717, 1.165) is 17.3 Å². The molecule has 1 N–H and O–H groups in total. The maximum Gasteiger partial charge on any atom is 0.251 e. The molecule has 100 valence electrons. The summed E-state index contributed by atoms with van der Waals surface area (Å²) in [5.41, 5.74) is 1.48. The quantitative estimate of drug-likeness (QED) is 0.805. The van der Waals surface area contributed by atoms with E-state index in [-0.39, 0.29) is 11.9 Å². The molecule has 1 amide bonds. The van der Waals surface area contributed by atoms with E-state index in [1.165, 1.54) is 0 Å². The Morgan fingerprint density at radius 2 is 2.11 bits per heavy atom. The number of rotatable bonds is 5. The zero-order valence-electron chi connectivity index (χ0n) is 11.0. The van der Waals surface area contributed by atoms with Crippen molar-refractivity contribution in [1.82, 2.24) is 5.32 Å². The van der Waals surface area contributed by atoms with Gasteiger partial charge in [-0.1, -0.05) is 47.4 Å². The highest BCUT2D eigenvalue weighted by molar-refractivity contribution is 9.09. The molecule has 0 radical (unpaired) electrons. The first-order valence-corrected chi connectivity index (χ1v) is 7.57. The van der Waals surface area contributed by atoms with E-state index >= 15 is 0 Å². The first-order chi connectivity index (χ1) is 8.45. The molecule has 18 heavy (non-hydrogen) atoms. The van der Waals surface area contributed by atoms with Gasteiger partial charge in [-0.3, -0.25) is 4.79 Å². The van der Waals surface area contributed by atoms with Crippen LogP contribution in [0.2, 0.25) is 5.02 Å². The number of alkyl halides is 1. The second kappa shape index (κ2) is 7.15. The van der Waals surface area contributed by atoms with Crippen molar-refractivity contribution in [3.8, 4) is 0 Å². The van der Waals surface area contributed by atoms with Crippen molar-refractivity contribution < 1.29 is 4.79 Å². The molecule has 0 saturated carbocycles. The summed E-state index contributed by atoms with van der Waals surface area (Å²) in [5.74, 6) is 0.494. The van der Waals surface area contributed by atoms with Crippen molar-refractivity contribution in [1.29, 1.82) is 0 Å². The van der Waals surface area contributed by atoms with Crippen LogP contribution in [-0.4, -0.2) is 17.3 Å². The van der Waals surface area contributed by atoms with Gasteiger partial charge < -0.3 is 5.32 Å². The number of amides is 1. The highest BCUT2D eigenvalue weighted by Gasteiger charge is 2.16. The third-order valence-electron chi connectivity index (χ3n) is 2.79. The van der Waals surface area contributed by atoms with Gasteiger partial charge in [0.05, 0.1) is 0 Å². The third kappa shape index (κ3) is 4.29. The summed E-state index contributed by atoms with van der Waals surface area (Å²) >= 11 is 9.46. The number of hydrogen-bond donors (Lipinski definition) is 1. The van der Waals surface area contributed by atoms with Gasteiger partial charge in [-0.2, -0.15) is 0 Å². The summed E-state index contributed by atoms with van der Waals surface area (Å²) in [5, 5.41) is 4.43. The Balaban J connectivity index is 2.78. The minimum absolute atomic E-state index is 0.0555. The molecular formula is C14H19BrClNO.